The third kappa shape index (κ3) is 3.51. The van der Waals surface area contributed by atoms with E-state index in [4.69, 9.17) is 28.4 Å². The van der Waals surface area contributed by atoms with E-state index in [1.165, 1.54) is 0 Å². The molecule has 0 aromatic heterocycles. The van der Waals surface area contributed by atoms with Gasteiger partial charge in [-0.15, -0.1) is 0 Å². The molecule has 8 heteroatoms. The smallest absolute Gasteiger partial charge is 0.231 e. The van der Waals surface area contributed by atoms with Crippen molar-refractivity contribution in [3.05, 3.63) is 41.5 Å². The minimum Gasteiger partial charge on any atom is -0.493 e. The Kier molecular flexibility index (Phi) is 5.90. The summed E-state index contributed by atoms with van der Waals surface area (Å²) < 4.78 is 33.0. The van der Waals surface area contributed by atoms with Gasteiger partial charge in [0.25, 0.3) is 0 Å². The molecule has 4 atom stereocenters. The molecule has 1 unspecified atom stereocenters. The molecule has 8 nitrogen and oxygen atoms in total. The van der Waals surface area contributed by atoms with E-state index >= 15 is 0 Å². The molecule has 2 aliphatic rings. The molecule has 2 aliphatic heterocycles. The van der Waals surface area contributed by atoms with Crippen LogP contribution >= 0.6 is 0 Å². The van der Waals surface area contributed by atoms with Crippen LogP contribution in [0.3, 0.4) is 0 Å². The second-order valence-corrected chi connectivity index (χ2v) is 7.28. The number of methoxy groups -OCH3 is 3. The number of hydrogen-bond acceptors (Lipinski definition) is 8. The standard InChI is InChI=1S/C22H26O8/c1-25-18-7-13(8-19(26-2)22(18)27-3)21-14(9-23)15(10-28-21)20(24)12-4-5-16-17(6-12)30-11-29-16/h4-8,14-15,20-21,23-24H,9-11H2,1-3H3/t14-,15-,20?,21+/m1/s1. The lowest BCUT2D eigenvalue weighted by Crippen LogP contribution is -2.25. The molecule has 0 radical (unpaired) electrons. The van der Waals surface area contributed by atoms with Gasteiger partial charge in [-0.2, -0.15) is 0 Å². The summed E-state index contributed by atoms with van der Waals surface area (Å²) in [7, 11) is 4.64. The molecule has 0 saturated carbocycles. The van der Waals surface area contributed by atoms with E-state index in [1.54, 1.807) is 39.5 Å². The quantitative estimate of drug-likeness (QED) is 0.708. The predicted molar refractivity (Wildman–Crippen MR) is 106 cm³/mol. The van der Waals surface area contributed by atoms with Gasteiger partial charge in [0.2, 0.25) is 12.5 Å². The highest BCUT2D eigenvalue weighted by Crippen LogP contribution is 2.48. The maximum atomic E-state index is 11.0. The van der Waals surface area contributed by atoms with Crippen LogP contribution in [-0.4, -0.2) is 51.5 Å². The number of aliphatic hydroxyl groups is 2. The van der Waals surface area contributed by atoms with Crippen LogP contribution in [0.5, 0.6) is 28.7 Å². The van der Waals surface area contributed by atoms with Crippen LogP contribution in [0.2, 0.25) is 0 Å². The molecule has 0 aliphatic carbocycles. The Morgan fingerprint density at radius 1 is 1.00 bits per heavy atom. The molecule has 0 amide bonds. The summed E-state index contributed by atoms with van der Waals surface area (Å²) in [5, 5.41) is 21.2. The molecule has 162 valence electrons. The molecular formula is C22H26O8. The van der Waals surface area contributed by atoms with Crippen molar-refractivity contribution in [3.8, 4) is 28.7 Å². The average Bonchev–Trinajstić information content (AvgIpc) is 3.43. The summed E-state index contributed by atoms with van der Waals surface area (Å²) in [4.78, 5) is 0. The number of hydrogen-bond donors (Lipinski definition) is 2. The highest BCUT2D eigenvalue weighted by Gasteiger charge is 2.42. The van der Waals surface area contributed by atoms with Gasteiger partial charge in [0.1, 0.15) is 0 Å². The Labute approximate surface area is 174 Å². The Balaban J connectivity index is 1.61. The molecule has 0 spiro atoms. The second-order valence-electron chi connectivity index (χ2n) is 7.28. The minimum atomic E-state index is -0.830. The van der Waals surface area contributed by atoms with Gasteiger partial charge in [0.15, 0.2) is 23.0 Å². The summed E-state index contributed by atoms with van der Waals surface area (Å²) in [5.41, 5.74) is 1.47. The zero-order chi connectivity index (χ0) is 21.3. The van der Waals surface area contributed by atoms with Crippen LogP contribution in [0.15, 0.2) is 30.3 Å². The lowest BCUT2D eigenvalue weighted by Gasteiger charge is -2.26. The van der Waals surface area contributed by atoms with Crippen LogP contribution in [0, 0.1) is 11.8 Å². The first kappa shape index (κ1) is 20.6. The van der Waals surface area contributed by atoms with Gasteiger partial charge in [0, 0.05) is 18.4 Å². The zero-order valence-corrected chi connectivity index (χ0v) is 17.2. The maximum Gasteiger partial charge on any atom is 0.231 e. The van der Waals surface area contributed by atoms with Gasteiger partial charge >= 0.3 is 0 Å². The minimum absolute atomic E-state index is 0.145. The molecule has 2 aromatic rings. The summed E-state index contributed by atoms with van der Waals surface area (Å²) in [5.74, 6) is 2.13. The summed E-state index contributed by atoms with van der Waals surface area (Å²) >= 11 is 0. The second kappa shape index (κ2) is 8.59. The van der Waals surface area contributed by atoms with E-state index < -0.39 is 12.2 Å². The lowest BCUT2D eigenvalue weighted by atomic mass is 9.82. The summed E-state index contributed by atoms with van der Waals surface area (Å²) in [6.45, 7) is 0.319. The van der Waals surface area contributed by atoms with Crippen molar-refractivity contribution in [2.75, 3.05) is 41.3 Å². The van der Waals surface area contributed by atoms with Crippen molar-refractivity contribution in [1.29, 1.82) is 0 Å². The molecule has 1 fully saturated rings. The SMILES string of the molecule is COc1cc([C@@H]2OC[C@@H](C(O)c3ccc4c(c3)OCO4)[C@H]2CO)cc(OC)c1OC. The summed E-state index contributed by atoms with van der Waals surface area (Å²) in [6.07, 6.45) is -1.26. The van der Waals surface area contributed by atoms with Crippen molar-refractivity contribution in [3.63, 3.8) is 0 Å². The van der Waals surface area contributed by atoms with Gasteiger partial charge in [-0.1, -0.05) is 6.07 Å². The fourth-order valence-electron chi connectivity index (χ4n) is 4.20. The number of fused-ring (bicyclic) bond motifs is 1. The molecule has 2 N–H and O–H groups in total. The van der Waals surface area contributed by atoms with Crippen LogP contribution < -0.4 is 23.7 Å². The normalized spacial score (nSPS) is 23.3. The van der Waals surface area contributed by atoms with Gasteiger partial charge in [-0.3, -0.25) is 0 Å². The lowest BCUT2D eigenvalue weighted by molar-refractivity contribution is 0.0632. The maximum absolute atomic E-state index is 11.0. The fraction of sp³-hybridized carbons (Fsp3) is 0.455. The largest absolute Gasteiger partial charge is 0.493 e. The van der Waals surface area contributed by atoms with Crippen LogP contribution in [0.25, 0.3) is 0 Å². The number of aliphatic hydroxyl groups excluding tert-OH is 2. The van der Waals surface area contributed by atoms with Gasteiger partial charge in [-0.25, -0.2) is 0 Å². The van der Waals surface area contributed by atoms with E-state index in [1.807, 2.05) is 12.1 Å². The van der Waals surface area contributed by atoms with Crippen molar-refractivity contribution in [1.82, 2.24) is 0 Å². The molecule has 0 bridgehead atoms. The van der Waals surface area contributed by atoms with E-state index in [0.717, 1.165) is 5.56 Å². The van der Waals surface area contributed by atoms with E-state index in [0.29, 0.717) is 40.9 Å². The van der Waals surface area contributed by atoms with E-state index in [9.17, 15) is 10.2 Å². The van der Waals surface area contributed by atoms with Gasteiger partial charge in [0.05, 0.1) is 40.1 Å². The zero-order valence-electron chi connectivity index (χ0n) is 17.2. The van der Waals surface area contributed by atoms with Crippen molar-refractivity contribution < 1.29 is 38.6 Å². The molecular weight excluding hydrogens is 392 g/mol. The van der Waals surface area contributed by atoms with Crippen molar-refractivity contribution in [2.45, 2.75) is 12.2 Å². The van der Waals surface area contributed by atoms with Crippen molar-refractivity contribution in [2.24, 2.45) is 11.8 Å². The van der Waals surface area contributed by atoms with Crippen LogP contribution in [-0.2, 0) is 4.74 Å². The Morgan fingerprint density at radius 2 is 1.70 bits per heavy atom. The molecule has 2 heterocycles. The Hall–Kier alpha value is -2.68. The first-order valence-electron chi connectivity index (χ1n) is 9.71. The summed E-state index contributed by atoms with van der Waals surface area (Å²) in [6, 6.07) is 8.98. The number of rotatable bonds is 7. The fourth-order valence-corrected chi connectivity index (χ4v) is 4.20. The van der Waals surface area contributed by atoms with Gasteiger partial charge in [-0.05, 0) is 35.4 Å². The van der Waals surface area contributed by atoms with Gasteiger partial charge < -0.3 is 38.6 Å². The average molecular weight is 418 g/mol. The first-order valence-corrected chi connectivity index (χ1v) is 9.71. The Bertz CT molecular complexity index is 874. The molecule has 1 saturated heterocycles. The topological polar surface area (TPSA) is 95.8 Å². The first-order chi connectivity index (χ1) is 14.6. The van der Waals surface area contributed by atoms with Crippen molar-refractivity contribution >= 4 is 0 Å². The third-order valence-electron chi connectivity index (χ3n) is 5.78. The monoisotopic (exact) mass is 418 g/mol. The number of benzene rings is 2. The van der Waals surface area contributed by atoms with Crippen LogP contribution in [0.4, 0.5) is 0 Å². The highest BCUT2D eigenvalue weighted by molar-refractivity contribution is 5.54. The Morgan fingerprint density at radius 3 is 2.33 bits per heavy atom. The highest BCUT2D eigenvalue weighted by atomic mass is 16.7. The van der Waals surface area contributed by atoms with Crippen LogP contribution in [0.1, 0.15) is 23.3 Å². The molecule has 4 rings (SSSR count). The molecule has 2 aromatic carbocycles. The number of ether oxygens (including phenoxy) is 6. The molecule has 30 heavy (non-hydrogen) atoms. The van der Waals surface area contributed by atoms with E-state index in [2.05, 4.69) is 0 Å². The van der Waals surface area contributed by atoms with E-state index in [-0.39, 0.29) is 25.2 Å². The third-order valence-corrected chi connectivity index (χ3v) is 5.78. The predicted octanol–water partition coefficient (Wildman–Crippen LogP) is 2.47.